The lowest BCUT2D eigenvalue weighted by molar-refractivity contribution is 0.0951. The van der Waals surface area contributed by atoms with Crippen LogP contribution in [0.25, 0.3) is 10.9 Å². The second-order valence-corrected chi connectivity index (χ2v) is 8.03. The third-order valence-corrected chi connectivity index (χ3v) is 6.11. The van der Waals surface area contributed by atoms with Crippen molar-refractivity contribution in [2.75, 3.05) is 24.6 Å². The predicted octanol–water partition coefficient (Wildman–Crippen LogP) is 4.81. The lowest BCUT2D eigenvalue weighted by Gasteiger charge is -2.28. The SMILES string of the molecule is CCOc1ccc2c(c1)c(C(=O)NCc1ccc(N3CCCCC3)cc1)c(C)n2C. The van der Waals surface area contributed by atoms with Crippen LogP contribution in [0.5, 0.6) is 5.75 Å². The van der Waals surface area contributed by atoms with Gasteiger partial charge in [0.05, 0.1) is 12.2 Å². The van der Waals surface area contributed by atoms with Crippen LogP contribution in [0, 0.1) is 6.92 Å². The van der Waals surface area contributed by atoms with E-state index in [1.807, 2.05) is 39.1 Å². The number of piperidine rings is 1. The third kappa shape index (κ3) is 4.02. The molecular formula is C25H31N3O2. The van der Waals surface area contributed by atoms with Crippen LogP contribution >= 0.6 is 0 Å². The van der Waals surface area contributed by atoms with E-state index in [-0.39, 0.29) is 5.91 Å². The highest BCUT2D eigenvalue weighted by Crippen LogP contribution is 2.29. The Kier molecular flexibility index (Phi) is 5.98. The number of hydrogen-bond acceptors (Lipinski definition) is 3. The molecule has 0 spiro atoms. The van der Waals surface area contributed by atoms with Gasteiger partial charge in [-0.3, -0.25) is 4.79 Å². The third-order valence-electron chi connectivity index (χ3n) is 6.11. The fourth-order valence-electron chi connectivity index (χ4n) is 4.34. The summed E-state index contributed by atoms with van der Waals surface area (Å²) in [6.45, 7) is 7.35. The van der Waals surface area contributed by atoms with Crippen molar-refractivity contribution in [3.8, 4) is 5.75 Å². The van der Waals surface area contributed by atoms with Gasteiger partial charge in [0.1, 0.15) is 5.75 Å². The van der Waals surface area contributed by atoms with Crippen molar-refractivity contribution in [3.05, 3.63) is 59.3 Å². The zero-order valence-electron chi connectivity index (χ0n) is 18.2. The molecule has 0 saturated carbocycles. The first-order valence-electron chi connectivity index (χ1n) is 10.9. The molecule has 2 aromatic carbocycles. The fourth-order valence-corrected chi connectivity index (χ4v) is 4.34. The summed E-state index contributed by atoms with van der Waals surface area (Å²) in [6, 6.07) is 14.5. The molecule has 2 heterocycles. The van der Waals surface area contributed by atoms with Crippen LogP contribution in [0.2, 0.25) is 0 Å². The van der Waals surface area contributed by atoms with Crippen LogP contribution in [0.15, 0.2) is 42.5 Å². The smallest absolute Gasteiger partial charge is 0.254 e. The lowest BCUT2D eigenvalue weighted by Crippen LogP contribution is -2.29. The lowest BCUT2D eigenvalue weighted by atomic mass is 10.1. The van der Waals surface area contributed by atoms with Gasteiger partial charge in [-0.1, -0.05) is 12.1 Å². The van der Waals surface area contributed by atoms with E-state index in [9.17, 15) is 4.79 Å². The van der Waals surface area contributed by atoms with Crippen molar-refractivity contribution >= 4 is 22.5 Å². The number of carbonyl (C=O) groups excluding carboxylic acids is 1. The van der Waals surface area contributed by atoms with Gasteiger partial charge in [-0.15, -0.1) is 0 Å². The van der Waals surface area contributed by atoms with Crippen molar-refractivity contribution in [1.82, 2.24) is 9.88 Å². The Labute approximate surface area is 178 Å². The van der Waals surface area contributed by atoms with Crippen molar-refractivity contribution in [2.24, 2.45) is 7.05 Å². The van der Waals surface area contributed by atoms with Crippen LogP contribution < -0.4 is 15.0 Å². The van der Waals surface area contributed by atoms with Crippen LogP contribution in [0.4, 0.5) is 5.69 Å². The largest absolute Gasteiger partial charge is 0.494 e. The minimum Gasteiger partial charge on any atom is -0.494 e. The highest BCUT2D eigenvalue weighted by molar-refractivity contribution is 6.08. The van der Waals surface area contributed by atoms with E-state index in [4.69, 9.17) is 4.74 Å². The molecule has 1 fully saturated rings. The van der Waals surface area contributed by atoms with Crippen molar-refractivity contribution in [2.45, 2.75) is 39.7 Å². The summed E-state index contributed by atoms with van der Waals surface area (Å²) in [5, 5.41) is 4.03. The topological polar surface area (TPSA) is 46.5 Å². The fraction of sp³-hybridized carbons (Fsp3) is 0.400. The molecule has 158 valence electrons. The van der Waals surface area contributed by atoms with Gasteiger partial charge in [-0.05, 0) is 69.0 Å². The van der Waals surface area contributed by atoms with Gasteiger partial charge in [-0.2, -0.15) is 0 Å². The first-order chi connectivity index (χ1) is 14.6. The summed E-state index contributed by atoms with van der Waals surface area (Å²) in [6.07, 6.45) is 3.88. The summed E-state index contributed by atoms with van der Waals surface area (Å²) in [5.41, 5.74) is 5.10. The number of nitrogens with one attached hydrogen (secondary N) is 1. The zero-order chi connectivity index (χ0) is 21.1. The molecule has 1 aromatic heterocycles. The van der Waals surface area contributed by atoms with Crippen molar-refractivity contribution in [3.63, 3.8) is 0 Å². The number of ether oxygens (including phenoxy) is 1. The molecule has 1 saturated heterocycles. The highest BCUT2D eigenvalue weighted by atomic mass is 16.5. The van der Waals surface area contributed by atoms with E-state index in [0.717, 1.165) is 46.6 Å². The molecule has 4 rings (SSSR count). The molecule has 1 amide bonds. The van der Waals surface area contributed by atoms with E-state index in [1.54, 1.807) is 0 Å². The summed E-state index contributed by atoms with van der Waals surface area (Å²) in [7, 11) is 1.99. The number of aryl methyl sites for hydroxylation is 1. The average molecular weight is 406 g/mol. The van der Waals surface area contributed by atoms with E-state index >= 15 is 0 Å². The highest BCUT2D eigenvalue weighted by Gasteiger charge is 2.19. The van der Waals surface area contributed by atoms with Crippen molar-refractivity contribution in [1.29, 1.82) is 0 Å². The number of aromatic nitrogens is 1. The molecule has 0 atom stereocenters. The van der Waals surface area contributed by atoms with E-state index < -0.39 is 0 Å². The predicted molar refractivity (Wildman–Crippen MR) is 123 cm³/mol. The molecule has 3 aromatic rings. The van der Waals surface area contributed by atoms with Gasteiger partial charge in [0.25, 0.3) is 5.91 Å². The van der Waals surface area contributed by atoms with Crippen LogP contribution in [0.3, 0.4) is 0 Å². The quantitative estimate of drug-likeness (QED) is 0.640. The Morgan fingerprint density at radius 3 is 2.50 bits per heavy atom. The Morgan fingerprint density at radius 2 is 1.80 bits per heavy atom. The average Bonchev–Trinajstić information content (AvgIpc) is 3.03. The maximum absolute atomic E-state index is 13.1. The molecule has 0 bridgehead atoms. The minimum absolute atomic E-state index is 0.0492. The van der Waals surface area contributed by atoms with E-state index in [0.29, 0.717) is 13.2 Å². The maximum atomic E-state index is 13.1. The summed E-state index contributed by atoms with van der Waals surface area (Å²) >= 11 is 0. The number of hydrogen-bond donors (Lipinski definition) is 1. The molecule has 0 radical (unpaired) electrons. The molecule has 1 aliphatic rings. The molecule has 5 nitrogen and oxygen atoms in total. The monoisotopic (exact) mass is 405 g/mol. The molecule has 1 aliphatic heterocycles. The number of anilines is 1. The molecule has 5 heteroatoms. The van der Waals surface area contributed by atoms with Gasteiger partial charge in [-0.25, -0.2) is 0 Å². The standard InChI is InChI=1S/C25H31N3O2/c1-4-30-21-12-13-23-22(16-21)24(18(2)27(23)3)25(29)26-17-19-8-10-20(11-9-19)28-14-6-5-7-15-28/h8-13,16H,4-7,14-15,17H2,1-3H3,(H,26,29). The zero-order valence-corrected chi connectivity index (χ0v) is 18.2. The Balaban J connectivity index is 1.49. The first kappa shape index (κ1) is 20.3. The Hall–Kier alpha value is -2.95. The van der Waals surface area contributed by atoms with Gasteiger partial charge < -0.3 is 19.5 Å². The Bertz CT molecular complexity index is 1030. The van der Waals surface area contributed by atoms with Crippen LogP contribution in [0.1, 0.15) is 47.8 Å². The van der Waals surface area contributed by atoms with Gasteiger partial charge >= 0.3 is 0 Å². The van der Waals surface area contributed by atoms with E-state index in [1.165, 1.54) is 24.9 Å². The minimum atomic E-state index is -0.0492. The number of rotatable bonds is 6. The van der Waals surface area contributed by atoms with Gasteiger partial charge in [0.2, 0.25) is 0 Å². The molecule has 0 unspecified atom stereocenters. The summed E-state index contributed by atoms with van der Waals surface area (Å²) < 4.78 is 7.71. The van der Waals surface area contributed by atoms with Crippen molar-refractivity contribution < 1.29 is 9.53 Å². The molecule has 30 heavy (non-hydrogen) atoms. The summed E-state index contributed by atoms with van der Waals surface area (Å²) in [5.74, 6) is 0.741. The molecular weight excluding hydrogens is 374 g/mol. The number of benzene rings is 2. The molecule has 1 N–H and O–H groups in total. The molecule has 0 aliphatic carbocycles. The number of carbonyl (C=O) groups is 1. The number of amides is 1. The normalized spacial score (nSPS) is 14.2. The summed E-state index contributed by atoms with van der Waals surface area (Å²) in [4.78, 5) is 15.5. The second kappa shape index (κ2) is 8.82. The number of nitrogens with zero attached hydrogens (tertiary/aromatic N) is 2. The Morgan fingerprint density at radius 1 is 1.07 bits per heavy atom. The van der Waals surface area contributed by atoms with Gasteiger partial charge in [0.15, 0.2) is 0 Å². The number of fused-ring (bicyclic) bond motifs is 1. The first-order valence-corrected chi connectivity index (χ1v) is 10.9. The van der Waals surface area contributed by atoms with Gasteiger partial charge in [0, 0.05) is 49.0 Å². The maximum Gasteiger partial charge on any atom is 0.254 e. The van der Waals surface area contributed by atoms with Crippen LogP contribution in [-0.4, -0.2) is 30.2 Å². The van der Waals surface area contributed by atoms with Crippen LogP contribution in [-0.2, 0) is 13.6 Å². The van der Waals surface area contributed by atoms with E-state index in [2.05, 4.69) is 39.0 Å². The second-order valence-electron chi connectivity index (χ2n) is 8.03.